The van der Waals surface area contributed by atoms with E-state index in [-0.39, 0.29) is 12.1 Å². The first-order valence-electron chi connectivity index (χ1n) is 11.9. The highest BCUT2D eigenvalue weighted by atomic mass is 16.5. The summed E-state index contributed by atoms with van der Waals surface area (Å²) >= 11 is 0. The van der Waals surface area contributed by atoms with Crippen LogP contribution in [-0.4, -0.2) is 60.7 Å². The molecule has 1 saturated carbocycles. The van der Waals surface area contributed by atoms with Gasteiger partial charge in [0.2, 0.25) is 0 Å². The number of pyridine rings is 2. The minimum Gasteiger partial charge on any atom is -0.455 e. The summed E-state index contributed by atoms with van der Waals surface area (Å²) in [7, 11) is 1.86. The monoisotopic (exact) mass is 475 g/mol. The molecule has 0 unspecified atom stereocenters. The highest BCUT2D eigenvalue weighted by molar-refractivity contribution is 6.01. The Morgan fingerprint density at radius 3 is 2.69 bits per heavy atom. The molecule has 1 saturated heterocycles. The van der Waals surface area contributed by atoms with Crippen molar-refractivity contribution in [2.45, 2.75) is 45.6 Å². The fourth-order valence-corrected chi connectivity index (χ4v) is 4.82. The molecule has 0 radical (unpaired) electrons. The van der Waals surface area contributed by atoms with E-state index in [2.05, 4.69) is 20.4 Å². The third-order valence-corrected chi connectivity index (χ3v) is 6.57. The van der Waals surface area contributed by atoms with Gasteiger partial charge in [0.1, 0.15) is 11.6 Å². The summed E-state index contributed by atoms with van der Waals surface area (Å²) in [5.41, 5.74) is 3.09. The van der Waals surface area contributed by atoms with Gasteiger partial charge in [0.25, 0.3) is 0 Å². The quantitative estimate of drug-likeness (QED) is 0.583. The van der Waals surface area contributed by atoms with Crippen LogP contribution < -0.4 is 10.1 Å². The summed E-state index contributed by atoms with van der Waals surface area (Å²) in [5.74, 6) is 1.62. The molecular weight excluding hydrogens is 446 g/mol. The van der Waals surface area contributed by atoms with Crippen LogP contribution >= 0.6 is 0 Å². The average Bonchev–Trinajstić information content (AvgIpc) is 3.58. The zero-order chi connectivity index (χ0) is 24.5. The van der Waals surface area contributed by atoms with Crippen molar-refractivity contribution in [3.63, 3.8) is 0 Å². The van der Waals surface area contributed by atoms with Crippen molar-refractivity contribution in [1.29, 1.82) is 0 Å². The number of carbonyl (C=O) groups excluding carboxylic acids is 2. The van der Waals surface area contributed by atoms with Crippen molar-refractivity contribution in [1.82, 2.24) is 29.5 Å². The largest absolute Gasteiger partial charge is 0.455 e. The van der Waals surface area contributed by atoms with Crippen LogP contribution in [0, 0.1) is 13.8 Å². The van der Waals surface area contributed by atoms with Crippen LogP contribution in [0.15, 0.2) is 36.8 Å². The first kappa shape index (κ1) is 22.8. The molecule has 1 aliphatic carbocycles. The predicted octanol–water partition coefficient (Wildman–Crippen LogP) is 4.50. The molecule has 0 aromatic carbocycles. The molecular formula is C25H29N7O3. The lowest BCUT2D eigenvalue weighted by Gasteiger charge is -2.23. The van der Waals surface area contributed by atoms with E-state index in [1.54, 1.807) is 29.2 Å². The fourth-order valence-electron chi connectivity index (χ4n) is 4.82. The van der Waals surface area contributed by atoms with E-state index in [0.717, 1.165) is 42.5 Å². The first-order chi connectivity index (χ1) is 16.9. The minimum atomic E-state index is -0.453. The summed E-state index contributed by atoms with van der Waals surface area (Å²) < 4.78 is 7.86. The highest BCUT2D eigenvalue weighted by Gasteiger charge is 2.38. The highest BCUT2D eigenvalue weighted by Crippen LogP contribution is 2.31. The number of rotatable bonds is 5. The van der Waals surface area contributed by atoms with Gasteiger partial charge in [0.05, 0.1) is 17.6 Å². The summed E-state index contributed by atoms with van der Waals surface area (Å²) in [6.45, 7) is 4.69. The maximum atomic E-state index is 12.8. The number of nitrogens with one attached hydrogen (secondary N) is 1. The van der Waals surface area contributed by atoms with Crippen molar-refractivity contribution in [3.8, 4) is 22.8 Å². The van der Waals surface area contributed by atoms with Gasteiger partial charge in [-0.3, -0.25) is 15.0 Å². The molecule has 10 nitrogen and oxygen atoms in total. The number of nitrogens with zero attached hydrogens (tertiary/aromatic N) is 6. The molecule has 0 atom stereocenters. The molecule has 2 fully saturated rings. The second kappa shape index (κ2) is 9.36. The van der Waals surface area contributed by atoms with Crippen LogP contribution in [0.5, 0.6) is 11.5 Å². The molecule has 5 rings (SSSR count). The predicted molar refractivity (Wildman–Crippen MR) is 130 cm³/mol. The van der Waals surface area contributed by atoms with E-state index in [1.807, 2.05) is 38.1 Å². The van der Waals surface area contributed by atoms with Crippen molar-refractivity contribution in [3.05, 3.63) is 48.0 Å². The lowest BCUT2D eigenvalue weighted by Crippen LogP contribution is -2.42. The second-order valence-corrected chi connectivity index (χ2v) is 9.12. The molecule has 2 aliphatic rings. The molecule has 1 aliphatic heterocycles. The molecule has 0 spiro atoms. The Balaban J connectivity index is 1.28. The van der Waals surface area contributed by atoms with Gasteiger partial charge in [-0.2, -0.15) is 5.10 Å². The molecule has 4 amide bonds. The molecule has 3 aromatic rings. The molecule has 4 heterocycles. The van der Waals surface area contributed by atoms with Crippen LogP contribution in [0.3, 0.4) is 0 Å². The van der Waals surface area contributed by atoms with Gasteiger partial charge in [-0.1, -0.05) is 12.8 Å². The van der Waals surface area contributed by atoms with Crippen molar-refractivity contribution < 1.29 is 14.3 Å². The summed E-state index contributed by atoms with van der Waals surface area (Å²) in [6.07, 6.45) is 9.64. The Morgan fingerprint density at radius 1 is 1.17 bits per heavy atom. The van der Waals surface area contributed by atoms with E-state index < -0.39 is 6.03 Å². The lowest BCUT2D eigenvalue weighted by atomic mass is 10.2. The molecule has 182 valence electrons. The number of aryl methyl sites for hydroxylation is 3. The Kier molecular flexibility index (Phi) is 6.10. The van der Waals surface area contributed by atoms with Crippen molar-refractivity contribution in [2.24, 2.45) is 7.05 Å². The maximum absolute atomic E-state index is 12.8. The first-order valence-corrected chi connectivity index (χ1v) is 11.9. The number of imide groups is 1. The Hall–Kier alpha value is -3.95. The average molecular weight is 476 g/mol. The summed E-state index contributed by atoms with van der Waals surface area (Å²) in [6, 6.07) is 4.96. The zero-order valence-electron chi connectivity index (χ0n) is 20.2. The van der Waals surface area contributed by atoms with E-state index in [1.165, 1.54) is 4.90 Å². The van der Waals surface area contributed by atoms with Crippen LogP contribution in [0.4, 0.5) is 15.4 Å². The number of carbonyl (C=O) groups is 2. The van der Waals surface area contributed by atoms with Gasteiger partial charge < -0.3 is 9.64 Å². The number of urea groups is 2. The van der Waals surface area contributed by atoms with E-state index in [0.29, 0.717) is 36.1 Å². The van der Waals surface area contributed by atoms with E-state index in [4.69, 9.17) is 4.74 Å². The van der Waals surface area contributed by atoms with Crippen molar-refractivity contribution in [2.75, 3.05) is 18.4 Å². The Labute approximate surface area is 203 Å². The summed E-state index contributed by atoms with van der Waals surface area (Å²) in [4.78, 5) is 37.6. The number of amides is 4. The topological polar surface area (TPSA) is 105 Å². The van der Waals surface area contributed by atoms with Gasteiger partial charge >= 0.3 is 12.1 Å². The van der Waals surface area contributed by atoms with Crippen LogP contribution in [0.2, 0.25) is 0 Å². The number of ether oxygens (including phenoxy) is 1. The normalized spacial score (nSPS) is 16.3. The van der Waals surface area contributed by atoms with Gasteiger partial charge in [-0.15, -0.1) is 0 Å². The van der Waals surface area contributed by atoms with Gasteiger partial charge in [-0.25, -0.2) is 19.5 Å². The third kappa shape index (κ3) is 4.68. The number of anilines is 1. The maximum Gasteiger partial charge on any atom is 0.331 e. The van der Waals surface area contributed by atoms with E-state index >= 15 is 0 Å². The minimum absolute atomic E-state index is 0.218. The van der Waals surface area contributed by atoms with Gasteiger partial charge in [0.15, 0.2) is 5.75 Å². The SMILES string of the molecule is Cc1cc(NC(=O)N2CCN(C3CCCC3)C2=O)nc(C)c1Oc1ccnc(-c2cnn(C)c2)c1. The van der Waals surface area contributed by atoms with Crippen LogP contribution in [0.1, 0.15) is 36.9 Å². The lowest BCUT2D eigenvalue weighted by molar-refractivity contribution is 0.178. The van der Waals surface area contributed by atoms with Crippen molar-refractivity contribution >= 4 is 17.9 Å². The third-order valence-electron chi connectivity index (χ3n) is 6.57. The molecule has 1 N–H and O–H groups in total. The number of hydrogen-bond acceptors (Lipinski definition) is 6. The van der Waals surface area contributed by atoms with Gasteiger partial charge in [0, 0.05) is 50.2 Å². The molecule has 0 bridgehead atoms. The smallest absolute Gasteiger partial charge is 0.331 e. The number of aromatic nitrogens is 4. The van der Waals surface area contributed by atoms with Gasteiger partial charge in [-0.05, 0) is 44.4 Å². The Bertz CT molecular complexity index is 1240. The summed E-state index contributed by atoms with van der Waals surface area (Å²) in [5, 5.41) is 6.97. The molecule has 3 aromatic heterocycles. The van der Waals surface area contributed by atoms with E-state index in [9.17, 15) is 9.59 Å². The van der Waals surface area contributed by atoms with Crippen LogP contribution in [-0.2, 0) is 7.05 Å². The standard InChI is InChI=1S/C25H29N7O3/c1-16-12-22(29-24(33)32-11-10-31(25(32)34)19-6-4-5-7-19)28-17(2)23(16)35-20-8-9-26-21(13-20)18-14-27-30(3)15-18/h8-9,12-15,19H,4-7,10-11H2,1-3H3,(H,28,29,33). The molecule has 10 heteroatoms. The molecule has 35 heavy (non-hydrogen) atoms. The van der Waals surface area contributed by atoms with Crippen LogP contribution in [0.25, 0.3) is 11.3 Å². The second-order valence-electron chi connectivity index (χ2n) is 9.12. The number of hydrogen-bond donors (Lipinski definition) is 1. The fraction of sp³-hybridized carbons (Fsp3) is 0.400. The Morgan fingerprint density at radius 2 is 1.97 bits per heavy atom. The zero-order valence-corrected chi connectivity index (χ0v) is 20.2.